The lowest BCUT2D eigenvalue weighted by atomic mass is 9.95. The Hall–Kier alpha value is -3.03. The molecule has 0 aliphatic carbocycles. The second-order valence-corrected chi connectivity index (χ2v) is 7.30. The zero-order valence-corrected chi connectivity index (χ0v) is 16.0. The van der Waals surface area contributed by atoms with Crippen LogP contribution in [0.5, 0.6) is 11.5 Å². The Morgan fingerprint density at radius 1 is 1.21 bits per heavy atom. The Labute approximate surface area is 170 Å². The molecule has 2 aromatic carbocycles. The summed E-state index contributed by atoms with van der Waals surface area (Å²) in [6.07, 6.45) is 0.283. The van der Waals surface area contributed by atoms with Crippen molar-refractivity contribution in [3.63, 3.8) is 0 Å². The largest absolute Gasteiger partial charge is 0.480 e. The lowest BCUT2D eigenvalue weighted by Gasteiger charge is -2.23. The number of alkyl halides is 1. The predicted molar refractivity (Wildman–Crippen MR) is 106 cm³/mol. The highest BCUT2D eigenvalue weighted by molar-refractivity contribution is 6.32. The first kappa shape index (κ1) is 18.0. The smallest absolute Gasteiger partial charge is 0.321 e. The minimum Gasteiger partial charge on any atom is -0.480 e. The minimum atomic E-state index is -0.916. The number of hydrogen-bond acceptors (Lipinski definition) is 5. The molecule has 3 aromatic rings. The van der Waals surface area contributed by atoms with E-state index in [2.05, 4.69) is 5.32 Å². The van der Waals surface area contributed by atoms with E-state index in [0.29, 0.717) is 23.6 Å². The molecule has 2 aliphatic rings. The van der Waals surface area contributed by atoms with Gasteiger partial charge < -0.3 is 19.1 Å². The van der Waals surface area contributed by atoms with Gasteiger partial charge in [-0.05, 0) is 23.8 Å². The summed E-state index contributed by atoms with van der Waals surface area (Å²) in [6, 6.07) is 10.4. The number of rotatable bonds is 4. The van der Waals surface area contributed by atoms with Crippen molar-refractivity contribution in [1.82, 2.24) is 9.88 Å². The molecule has 0 amide bonds. The maximum atomic E-state index is 12.5. The van der Waals surface area contributed by atoms with Crippen molar-refractivity contribution >= 4 is 34.3 Å². The van der Waals surface area contributed by atoms with Gasteiger partial charge in [0.15, 0.2) is 17.3 Å². The maximum Gasteiger partial charge on any atom is 0.321 e. The highest BCUT2D eigenvalue weighted by Crippen LogP contribution is 2.39. The number of carbonyl (C=O) groups is 2. The third-order valence-corrected chi connectivity index (χ3v) is 5.70. The van der Waals surface area contributed by atoms with Crippen molar-refractivity contribution in [3.8, 4) is 17.2 Å². The number of carboxylic acid groups (broad SMARTS) is 1. The molecule has 0 saturated heterocycles. The molecule has 2 aliphatic heterocycles. The normalized spacial score (nSPS) is 17.3. The second-order valence-electron chi connectivity index (χ2n) is 7.03. The van der Waals surface area contributed by atoms with E-state index in [1.54, 1.807) is 6.07 Å². The van der Waals surface area contributed by atoms with Gasteiger partial charge in [-0.3, -0.25) is 14.9 Å². The van der Waals surface area contributed by atoms with Gasteiger partial charge in [0.25, 0.3) is 0 Å². The highest BCUT2D eigenvalue weighted by atomic mass is 35.5. The van der Waals surface area contributed by atoms with Gasteiger partial charge in [-0.1, -0.05) is 12.1 Å². The maximum absolute atomic E-state index is 12.5. The number of benzene rings is 2. The number of aromatic nitrogens is 1. The van der Waals surface area contributed by atoms with Crippen LogP contribution in [0.1, 0.15) is 21.6 Å². The fourth-order valence-corrected chi connectivity index (χ4v) is 4.31. The Morgan fingerprint density at radius 2 is 2.03 bits per heavy atom. The van der Waals surface area contributed by atoms with Crippen molar-refractivity contribution in [1.29, 1.82) is 0 Å². The third kappa shape index (κ3) is 2.77. The van der Waals surface area contributed by atoms with E-state index in [0.717, 1.165) is 27.8 Å². The number of nitrogens with one attached hydrogen (secondary N) is 1. The van der Waals surface area contributed by atoms with Gasteiger partial charge in [0.05, 0.1) is 11.4 Å². The van der Waals surface area contributed by atoms with E-state index in [4.69, 9.17) is 21.1 Å². The van der Waals surface area contributed by atoms with E-state index in [-0.39, 0.29) is 24.9 Å². The minimum absolute atomic E-state index is 0.135. The lowest BCUT2D eigenvalue weighted by molar-refractivity contribution is -0.139. The van der Waals surface area contributed by atoms with Crippen LogP contribution in [0.4, 0.5) is 0 Å². The number of ketones is 1. The molecule has 1 unspecified atom stereocenters. The Kier molecular flexibility index (Phi) is 4.22. The average Bonchev–Trinajstić information content (AvgIpc) is 3.34. The van der Waals surface area contributed by atoms with Crippen LogP contribution in [0.3, 0.4) is 0 Å². The van der Waals surface area contributed by atoms with E-state index < -0.39 is 12.0 Å². The molecule has 0 bridgehead atoms. The average molecular weight is 413 g/mol. The van der Waals surface area contributed by atoms with Crippen LogP contribution < -0.4 is 14.8 Å². The molecule has 1 atom stereocenters. The number of fused-ring (bicyclic) bond motifs is 4. The summed E-state index contributed by atoms with van der Waals surface area (Å²) in [4.78, 5) is 24.1. The fourth-order valence-electron chi connectivity index (χ4n) is 4.17. The number of hydrogen-bond donors (Lipinski definition) is 2. The van der Waals surface area contributed by atoms with Crippen LogP contribution in [0, 0.1) is 0 Å². The molecule has 1 aromatic heterocycles. The van der Waals surface area contributed by atoms with Crippen LogP contribution in [0.2, 0.25) is 0 Å². The molecule has 0 radical (unpaired) electrons. The van der Waals surface area contributed by atoms with Gasteiger partial charge in [0.1, 0.15) is 6.04 Å². The summed E-state index contributed by atoms with van der Waals surface area (Å²) >= 11 is 5.84. The molecule has 148 valence electrons. The Morgan fingerprint density at radius 3 is 2.83 bits per heavy atom. The first-order valence-corrected chi connectivity index (χ1v) is 9.72. The summed E-state index contributed by atoms with van der Waals surface area (Å²) < 4.78 is 13.0. The van der Waals surface area contributed by atoms with E-state index in [9.17, 15) is 14.7 Å². The summed E-state index contributed by atoms with van der Waals surface area (Å²) in [5.41, 5.74) is 3.98. The number of Topliss-reactive ketones (excluding diaryl/α,β-unsaturated/α-hetero) is 1. The van der Waals surface area contributed by atoms with E-state index in [1.807, 2.05) is 34.9 Å². The van der Waals surface area contributed by atoms with Crippen molar-refractivity contribution in [2.75, 3.05) is 12.7 Å². The number of carboxylic acids is 1. The standard InChI is InChI=1S/C21H17ClN2O5/c22-8-17(25)12-2-1-3-15-20(12)13-7-14(21(26)27)23-9-16(13)24(15)11-4-5-18-19(6-11)29-10-28-18/h1-6,14,23H,7-10H2,(H,26,27). The van der Waals surface area contributed by atoms with Crippen LogP contribution in [0.25, 0.3) is 16.6 Å². The molecule has 2 N–H and O–H groups in total. The number of nitrogens with zero attached hydrogens (tertiary/aromatic N) is 1. The molecule has 7 nitrogen and oxygen atoms in total. The first-order valence-electron chi connectivity index (χ1n) is 9.19. The summed E-state index contributed by atoms with van der Waals surface area (Å²) in [5.74, 6) is 0.0949. The number of ether oxygens (including phenoxy) is 2. The lowest BCUT2D eigenvalue weighted by Crippen LogP contribution is -2.42. The quantitative estimate of drug-likeness (QED) is 0.506. The summed E-state index contributed by atoms with van der Waals surface area (Å²) in [7, 11) is 0. The number of aliphatic carboxylic acids is 1. The van der Waals surface area contributed by atoms with Gasteiger partial charge in [-0.25, -0.2) is 0 Å². The second kappa shape index (κ2) is 6.79. The topological polar surface area (TPSA) is 89.8 Å². The van der Waals surface area contributed by atoms with Gasteiger partial charge in [-0.15, -0.1) is 11.6 Å². The molecular formula is C21H17ClN2O5. The summed E-state index contributed by atoms with van der Waals surface area (Å²) in [5, 5.41) is 13.3. The highest BCUT2D eigenvalue weighted by Gasteiger charge is 2.31. The molecule has 3 heterocycles. The van der Waals surface area contributed by atoms with Crippen LogP contribution in [0.15, 0.2) is 36.4 Å². The van der Waals surface area contributed by atoms with E-state index >= 15 is 0 Å². The van der Waals surface area contributed by atoms with Crippen LogP contribution >= 0.6 is 11.6 Å². The number of carbonyl (C=O) groups excluding carboxylic acids is 1. The zero-order valence-electron chi connectivity index (χ0n) is 15.3. The molecule has 0 saturated carbocycles. The molecule has 29 heavy (non-hydrogen) atoms. The predicted octanol–water partition coefficient (Wildman–Crippen LogP) is 2.88. The monoisotopic (exact) mass is 412 g/mol. The van der Waals surface area contributed by atoms with Gasteiger partial charge in [0.2, 0.25) is 6.79 Å². The van der Waals surface area contributed by atoms with Crippen LogP contribution in [-0.2, 0) is 17.8 Å². The van der Waals surface area contributed by atoms with Crippen molar-refractivity contribution in [3.05, 3.63) is 53.2 Å². The Balaban J connectivity index is 1.79. The number of halogens is 1. The van der Waals surface area contributed by atoms with Crippen molar-refractivity contribution in [2.24, 2.45) is 0 Å². The van der Waals surface area contributed by atoms with Crippen molar-refractivity contribution < 1.29 is 24.2 Å². The molecule has 5 rings (SSSR count). The third-order valence-electron chi connectivity index (χ3n) is 5.46. The molecular weight excluding hydrogens is 396 g/mol. The van der Waals surface area contributed by atoms with E-state index in [1.165, 1.54) is 0 Å². The first-order chi connectivity index (χ1) is 14.1. The summed E-state index contributed by atoms with van der Waals surface area (Å²) in [6.45, 7) is 0.545. The van der Waals surface area contributed by atoms with Crippen molar-refractivity contribution in [2.45, 2.75) is 19.0 Å². The van der Waals surface area contributed by atoms with Gasteiger partial charge in [0, 0.05) is 41.4 Å². The SMILES string of the molecule is O=C(CCl)c1cccc2c1c1c(n2-c2ccc3c(c2)OCO3)CNC(C(=O)O)C1. The fraction of sp³-hybridized carbons (Fsp3) is 0.238. The molecule has 0 spiro atoms. The van der Waals surface area contributed by atoms with Gasteiger partial charge >= 0.3 is 5.97 Å². The van der Waals surface area contributed by atoms with Crippen LogP contribution in [-0.4, -0.2) is 40.1 Å². The van der Waals surface area contributed by atoms with Gasteiger partial charge in [-0.2, -0.15) is 0 Å². The Bertz CT molecular complexity index is 1170. The molecule has 0 fully saturated rings. The zero-order chi connectivity index (χ0) is 20.1. The molecule has 8 heteroatoms.